The summed E-state index contributed by atoms with van der Waals surface area (Å²) in [7, 11) is 3.02. The van der Waals surface area contributed by atoms with Crippen molar-refractivity contribution >= 4 is 64.4 Å². The van der Waals surface area contributed by atoms with Crippen LogP contribution in [-0.4, -0.2) is 49.0 Å². The fourth-order valence-electron chi connectivity index (χ4n) is 4.88. The van der Waals surface area contributed by atoms with E-state index in [9.17, 15) is 24.0 Å². The molecule has 1 saturated heterocycles. The summed E-state index contributed by atoms with van der Waals surface area (Å²) < 4.78 is 10.7. The molecule has 1 unspecified atom stereocenters. The summed E-state index contributed by atoms with van der Waals surface area (Å²) in [4.78, 5) is 65.7. The molecule has 244 valence electrons. The standard InChI is InChI=1S/C36H32N4O7S/c1-22(41)37-25-10-14-27(15-11-25)40-33(42)21-32(36(40)45)48-29-17-12-26(13-18-29)38-35(44)30(39-34(43)23-7-5-4-6-8-23)19-24-9-16-28(46-2)20-31(24)47-3/h4-20,32H,21H2,1-3H3,(H,37,41)(H,38,44)(H,39,43)/b30-19-. The normalized spacial score (nSPS) is 14.4. The summed E-state index contributed by atoms with van der Waals surface area (Å²) in [6.45, 7) is 1.40. The highest BCUT2D eigenvalue weighted by Gasteiger charge is 2.40. The van der Waals surface area contributed by atoms with Crippen LogP contribution >= 0.6 is 11.8 Å². The van der Waals surface area contributed by atoms with Crippen LogP contribution in [0.1, 0.15) is 29.3 Å². The molecule has 1 aliphatic rings. The van der Waals surface area contributed by atoms with Gasteiger partial charge in [0.1, 0.15) is 17.2 Å². The number of hydrogen-bond donors (Lipinski definition) is 3. The molecule has 4 aromatic carbocycles. The third kappa shape index (κ3) is 8.09. The molecule has 0 bridgehead atoms. The molecule has 0 spiro atoms. The van der Waals surface area contributed by atoms with Gasteiger partial charge in [0.25, 0.3) is 11.8 Å². The summed E-state index contributed by atoms with van der Waals surface area (Å²) in [5.41, 5.74) is 2.32. The number of carbonyl (C=O) groups excluding carboxylic acids is 5. The van der Waals surface area contributed by atoms with Crippen LogP contribution in [0.25, 0.3) is 6.08 Å². The van der Waals surface area contributed by atoms with E-state index in [0.717, 1.165) is 9.80 Å². The van der Waals surface area contributed by atoms with Crippen LogP contribution in [0, 0.1) is 0 Å². The molecule has 4 aromatic rings. The van der Waals surface area contributed by atoms with Gasteiger partial charge in [-0.2, -0.15) is 0 Å². The van der Waals surface area contributed by atoms with Crippen molar-refractivity contribution in [2.24, 2.45) is 0 Å². The maximum atomic E-state index is 13.5. The van der Waals surface area contributed by atoms with Gasteiger partial charge in [0.15, 0.2) is 0 Å². The molecule has 0 aromatic heterocycles. The maximum Gasteiger partial charge on any atom is 0.272 e. The van der Waals surface area contributed by atoms with Crippen molar-refractivity contribution in [2.45, 2.75) is 23.5 Å². The number of nitrogens with one attached hydrogen (secondary N) is 3. The van der Waals surface area contributed by atoms with Crippen LogP contribution in [0.2, 0.25) is 0 Å². The van der Waals surface area contributed by atoms with E-state index in [0.29, 0.717) is 39.7 Å². The number of anilines is 3. The summed E-state index contributed by atoms with van der Waals surface area (Å²) >= 11 is 1.25. The average Bonchev–Trinajstić information content (AvgIpc) is 3.37. The molecule has 1 heterocycles. The molecule has 5 rings (SSSR count). The number of benzene rings is 4. The van der Waals surface area contributed by atoms with Crippen molar-refractivity contribution in [1.82, 2.24) is 5.32 Å². The highest BCUT2D eigenvalue weighted by molar-refractivity contribution is 8.00. The van der Waals surface area contributed by atoms with Crippen molar-refractivity contribution < 1.29 is 33.4 Å². The monoisotopic (exact) mass is 664 g/mol. The summed E-state index contributed by atoms with van der Waals surface area (Å²) in [6, 6.07) is 26.9. The number of amides is 5. The first-order valence-corrected chi connectivity index (χ1v) is 15.7. The molecule has 1 aliphatic heterocycles. The van der Waals surface area contributed by atoms with Gasteiger partial charge < -0.3 is 25.4 Å². The minimum atomic E-state index is -0.629. The van der Waals surface area contributed by atoms with Crippen LogP contribution in [0.4, 0.5) is 17.1 Å². The van der Waals surface area contributed by atoms with Crippen LogP contribution < -0.4 is 30.3 Å². The van der Waals surface area contributed by atoms with Gasteiger partial charge in [-0.25, -0.2) is 4.90 Å². The molecule has 0 radical (unpaired) electrons. The van der Waals surface area contributed by atoms with E-state index in [4.69, 9.17) is 9.47 Å². The molecule has 1 fully saturated rings. The Morgan fingerprint density at radius 2 is 1.50 bits per heavy atom. The van der Waals surface area contributed by atoms with Crippen LogP contribution in [-0.2, 0) is 19.2 Å². The third-order valence-corrected chi connectivity index (χ3v) is 8.41. The minimum Gasteiger partial charge on any atom is -0.497 e. The molecule has 12 heteroatoms. The number of carbonyl (C=O) groups is 5. The molecular weight excluding hydrogens is 632 g/mol. The number of hydrogen-bond acceptors (Lipinski definition) is 8. The Balaban J connectivity index is 1.29. The van der Waals surface area contributed by atoms with Crippen molar-refractivity contribution in [1.29, 1.82) is 0 Å². The average molecular weight is 665 g/mol. The quantitative estimate of drug-likeness (QED) is 0.141. The van der Waals surface area contributed by atoms with Crippen molar-refractivity contribution in [2.75, 3.05) is 29.8 Å². The number of rotatable bonds is 11. The molecule has 48 heavy (non-hydrogen) atoms. The van der Waals surface area contributed by atoms with Gasteiger partial charge in [0.05, 0.1) is 25.2 Å². The lowest BCUT2D eigenvalue weighted by Crippen LogP contribution is -2.31. The molecule has 1 atom stereocenters. The Kier molecular flexibility index (Phi) is 10.6. The van der Waals surface area contributed by atoms with E-state index in [1.165, 1.54) is 39.0 Å². The Morgan fingerprint density at radius 1 is 0.833 bits per heavy atom. The number of imide groups is 1. The lowest BCUT2D eigenvalue weighted by Gasteiger charge is -2.16. The summed E-state index contributed by atoms with van der Waals surface area (Å²) in [6.07, 6.45) is 1.54. The first-order chi connectivity index (χ1) is 23.1. The second kappa shape index (κ2) is 15.1. The third-order valence-electron chi connectivity index (χ3n) is 7.21. The molecule has 5 amide bonds. The molecular formula is C36H32N4O7S. The fourth-order valence-corrected chi connectivity index (χ4v) is 5.93. The van der Waals surface area contributed by atoms with E-state index < -0.39 is 17.1 Å². The van der Waals surface area contributed by atoms with Crippen LogP contribution in [0.15, 0.2) is 108 Å². The number of thioether (sulfide) groups is 1. The van der Waals surface area contributed by atoms with Crippen molar-refractivity contribution in [3.05, 3.63) is 114 Å². The van der Waals surface area contributed by atoms with Crippen molar-refractivity contribution in [3.8, 4) is 11.5 Å². The lowest BCUT2D eigenvalue weighted by atomic mass is 10.1. The SMILES string of the molecule is COc1ccc(/C=C(\NC(=O)c2ccccc2)C(=O)Nc2ccc(SC3CC(=O)N(c4ccc(NC(C)=O)cc4)C3=O)cc2)c(OC)c1. The van der Waals surface area contributed by atoms with Crippen LogP contribution in [0.3, 0.4) is 0 Å². The predicted octanol–water partition coefficient (Wildman–Crippen LogP) is 5.50. The van der Waals surface area contributed by atoms with E-state index in [-0.39, 0.29) is 29.8 Å². The molecule has 0 saturated carbocycles. The topological polar surface area (TPSA) is 143 Å². The van der Waals surface area contributed by atoms with Gasteiger partial charge in [-0.05, 0) is 78.9 Å². The van der Waals surface area contributed by atoms with E-state index in [1.54, 1.807) is 97.1 Å². The first-order valence-electron chi connectivity index (χ1n) is 14.8. The highest BCUT2D eigenvalue weighted by atomic mass is 32.2. The highest BCUT2D eigenvalue weighted by Crippen LogP contribution is 2.35. The minimum absolute atomic E-state index is 0.0222. The number of methoxy groups -OCH3 is 2. The lowest BCUT2D eigenvalue weighted by molar-refractivity contribution is -0.121. The Bertz CT molecular complexity index is 1880. The molecule has 11 nitrogen and oxygen atoms in total. The van der Waals surface area contributed by atoms with Gasteiger partial charge in [0.2, 0.25) is 17.7 Å². The van der Waals surface area contributed by atoms with E-state index in [2.05, 4.69) is 16.0 Å². The molecule has 0 aliphatic carbocycles. The Morgan fingerprint density at radius 3 is 2.15 bits per heavy atom. The fraction of sp³-hybridized carbons (Fsp3) is 0.139. The number of ether oxygens (including phenoxy) is 2. The Labute approximate surface area is 281 Å². The largest absolute Gasteiger partial charge is 0.497 e. The smallest absolute Gasteiger partial charge is 0.272 e. The second-order valence-electron chi connectivity index (χ2n) is 10.6. The van der Waals surface area contributed by atoms with E-state index in [1.807, 2.05) is 0 Å². The summed E-state index contributed by atoms with van der Waals surface area (Å²) in [5, 5.41) is 7.54. The second-order valence-corrected chi connectivity index (χ2v) is 11.8. The van der Waals surface area contributed by atoms with Gasteiger partial charge in [0, 0.05) is 46.8 Å². The van der Waals surface area contributed by atoms with Gasteiger partial charge >= 0.3 is 0 Å². The predicted molar refractivity (Wildman–Crippen MR) is 184 cm³/mol. The number of nitrogens with zero attached hydrogens (tertiary/aromatic N) is 1. The zero-order valence-corrected chi connectivity index (χ0v) is 27.1. The van der Waals surface area contributed by atoms with Gasteiger partial charge in [-0.15, -0.1) is 11.8 Å². The van der Waals surface area contributed by atoms with Crippen molar-refractivity contribution in [3.63, 3.8) is 0 Å². The summed E-state index contributed by atoms with van der Waals surface area (Å²) in [5.74, 6) is -0.921. The maximum absolute atomic E-state index is 13.5. The molecule has 3 N–H and O–H groups in total. The van der Waals surface area contributed by atoms with Gasteiger partial charge in [-0.3, -0.25) is 24.0 Å². The van der Waals surface area contributed by atoms with Gasteiger partial charge in [-0.1, -0.05) is 18.2 Å². The van der Waals surface area contributed by atoms with E-state index >= 15 is 0 Å². The van der Waals surface area contributed by atoms with Crippen LogP contribution in [0.5, 0.6) is 11.5 Å². The Hall–Kier alpha value is -5.88. The zero-order valence-electron chi connectivity index (χ0n) is 26.3. The zero-order chi connectivity index (χ0) is 34.2. The first kappa shape index (κ1) is 33.5.